The zero-order chi connectivity index (χ0) is 19.7. The van der Waals surface area contributed by atoms with Crippen LogP contribution in [0.1, 0.15) is 11.3 Å². The van der Waals surface area contributed by atoms with Crippen LogP contribution in [0.5, 0.6) is 0 Å². The smallest absolute Gasteiger partial charge is 0.163 e. The molecule has 0 bridgehead atoms. The second kappa shape index (κ2) is 9.46. The van der Waals surface area contributed by atoms with Crippen LogP contribution in [0, 0.1) is 0 Å². The van der Waals surface area contributed by atoms with Gasteiger partial charge in [0.05, 0.1) is 12.2 Å². The minimum atomic E-state index is 0.607. The number of benzene rings is 2. The molecule has 2 N–H and O–H groups in total. The highest BCUT2D eigenvalue weighted by molar-refractivity contribution is 5.61. The van der Waals surface area contributed by atoms with Gasteiger partial charge in [0.2, 0.25) is 0 Å². The summed E-state index contributed by atoms with van der Waals surface area (Å²) in [5.41, 5.74) is 3.25. The van der Waals surface area contributed by atoms with Gasteiger partial charge in [-0.2, -0.15) is 0 Å². The van der Waals surface area contributed by atoms with Crippen LogP contribution in [0.25, 0.3) is 11.4 Å². The number of aromatic nitrogens is 3. The molecule has 29 heavy (non-hydrogen) atoms. The summed E-state index contributed by atoms with van der Waals surface area (Å²) in [4.78, 5) is 13.8. The van der Waals surface area contributed by atoms with Gasteiger partial charge in [-0.1, -0.05) is 66.7 Å². The van der Waals surface area contributed by atoms with E-state index in [1.165, 1.54) is 5.56 Å². The first-order valence-electron chi connectivity index (χ1n) is 9.73. The molecule has 2 aromatic carbocycles. The average Bonchev–Trinajstić information content (AvgIpc) is 2.80. The van der Waals surface area contributed by atoms with Gasteiger partial charge in [0.15, 0.2) is 5.82 Å². The minimum absolute atomic E-state index is 0.607. The molecule has 0 atom stereocenters. The Bertz CT molecular complexity index is 1020. The van der Waals surface area contributed by atoms with Gasteiger partial charge in [0.25, 0.3) is 0 Å². The molecular weight excluding hydrogens is 358 g/mol. The maximum Gasteiger partial charge on any atom is 0.163 e. The van der Waals surface area contributed by atoms with E-state index in [1.807, 2.05) is 60.7 Å². The van der Waals surface area contributed by atoms with Gasteiger partial charge in [-0.25, -0.2) is 9.97 Å². The third-order valence-electron chi connectivity index (χ3n) is 4.50. The minimum Gasteiger partial charge on any atom is -0.370 e. The number of hydrogen-bond acceptors (Lipinski definition) is 5. The van der Waals surface area contributed by atoms with Crippen molar-refractivity contribution < 1.29 is 0 Å². The summed E-state index contributed by atoms with van der Waals surface area (Å²) in [6.07, 6.45) is 2.73. The maximum absolute atomic E-state index is 4.71. The van der Waals surface area contributed by atoms with E-state index in [1.54, 1.807) is 6.20 Å². The maximum atomic E-state index is 4.71. The van der Waals surface area contributed by atoms with Crippen molar-refractivity contribution >= 4 is 11.6 Å². The van der Waals surface area contributed by atoms with Gasteiger partial charge in [-0.3, -0.25) is 4.98 Å². The second-order valence-corrected chi connectivity index (χ2v) is 6.67. The van der Waals surface area contributed by atoms with Crippen molar-refractivity contribution in [3.05, 3.63) is 102 Å². The Balaban J connectivity index is 1.51. The summed E-state index contributed by atoms with van der Waals surface area (Å²) in [6.45, 7) is 1.41. The molecule has 0 unspecified atom stereocenters. The van der Waals surface area contributed by atoms with Crippen LogP contribution in [0.15, 0.2) is 91.1 Å². The van der Waals surface area contributed by atoms with Crippen molar-refractivity contribution in [3.63, 3.8) is 0 Å². The molecule has 0 saturated heterocycles. The van der Waals surface area contributed by atoms with Gasteiger partial charge in [0.1, 0.15) is 11.6 Å². The third kappa shape index (κ3) is 5.39. The quantitative estimate of drug-likeness (QED) is 0.459. The van der Waals surface area contributed by atoms with Crippen molar-refractivity contribution in [1.29, 1.82) is 0 Å². The van der Waals surface area contributed by atoms with E-state index < -0.39 is 0 Å². The van der Waals surface area contributed by atoms with Crippen LogP contribution >= 0.6 is 0 Å². The fraction of sp³-hybridized carbons (Fsp3) is 0.125. The highest BCUT2D eigenvalue weighted by Crippen LogP contribution is 2.20. The zero-order valence-electron chi connectivity index (χ0n) is 16.1. The van der Waals surface area contributed by atoms with Crippen LogP contribution in [0.3, 0.4) is 0 Å². The lowest BCUT2D eigenvalue weighted by Crippen LogP contribution is -2.09. The summed E-state index contributed by atoms with van der Waals surface area (Å²) in [5, 5.41) is 6.80. The number of nitrogens with one attached hydrogen (secondary N) is 2. The lowest BCUT2D eigenvalue weighted by atomic mass is 10.1. The topological polar surface area (TPSA) is 62.7 Å². The van der Waals surface area contributed by atoms with Crippen molar-refractivity contribution in [2.45, 2.75) is 13.0 Å². The van der Waals surface area contributed by atoms with Gasteiger partial charge >= 0.3 is 0 Å². The fourth-order valence-electron chi connectivity index (χ4n) is 3.01. The monoisotopic (exact) mass is 381 g/mol. The Morgan fingerprint density at radius 2 is 1.38 bits per heavy atom. The Labute approximate surface area is 170 Å². The zero-order valence-corrected chi connectivity index (χ0v) is 16.1. The lowest BCUT2D eigenvalue weighted by molar-refractivity contribution is 0.992. The molecule has 2 heterocycles. The molecule has 144 valence electrons. The van der Waals surface area contributed by atoms with Crippen molar-refractivity contribution in [2.24, 2.45) is 0 Å². The molecule has 0 aliphatic heterocycles. The Hall–Kier alpha value is -3.73. The number of anilines is 2. The van der Waals surface area contributed by atoms with Gasteiger partial charge in [-0.05, 0) is 24.1 Å². The van der Waals surface area contributed by atoms with Gasteiger partial charge < -0.3 is 10.6 Å². The molecule has 0 aliphatic rings. The Morgan fingerprint density at radius 1 is 0.690 bits per heavy atom. The molecule has 4 rings (SSSR count). The summed E-state index contributed by atoms with van der Waals surface area (Å²) in [6, 6.07) is 28.3. The van der Waals surface area contributed by atoms with E-state index in [0.717, 1.165) is 35.9 Å². The predicted molar refractivity (Wildman–Crippen MR) is 118 cm³/mol. The third-order valence-corrected chi connectivity index (χ3v) is 4.50. The first-order valence-corrected chi connectivity index (χ1v) is 9.73. The van der Waals surface area contributed by atoms with Gasteiger partial charge in [-0.15, -0.1) is 0 Å². The molecule has 0 fully saturated rings. The molecular formula is C24H23N5. The Morgan fingerprint density at radius 3 is 2.10 bits per heavy atom. The van der Waals surface area contributed by atoms with E-state index >= 15 is 0 Å². The van der Waals surface area contributed by atoms with Crippen LogP contribution in [-0.2, 0) is 13.0 Å². The lowest BCUT2D eigenvalue weighted by Gasteiger charge is -2.12. The van der Waals surface area contributed by atoms with Crippen molar-refractivity contribution in [1.82, 2.24) is 15.0 Å². The van der Waals surface area contributed by atoms with Crippen LogP contribution in [-0.4, -0.2) is 21.5 Å². The molecule has 0 amide bonds. The molecule has 0 saturated carbocycles. The summed E-state index contributed by atoms with van der Waals surface area (Å²) >= 11 is 0. The molecule has 0 aliphatic carbocycles. The summed E-state index contributed by atoms with van der Waals surface area (Å²) < 4.78 is 0. The molecule has 0 radical (unpaired) electrons. The van der Waals surface area contributed by atoms with Crippen LogP contribution in [0.2, 0.25) is 0 Å². The Kier molecular flexibility index (Phi) is 6.08. The van der Waals surface area contributed by atoms with E-state index in [0.29, 0.717) is 12.4 Å². The number of rotatable bonds is 8. The van der Waals surface area contributed by atoms with Crippen LogP contribution in [0.4, 0.5) is 11.6 Å². The van der Waals surface area contributed by atoms with Crippen molar-refractivity contribution in [2.75, 3.05) is 17.2 Å². The van der Waals surface area contributed by atoms with E-state index in [4.69, 9.17) is 9.97 Å². The molecule has 0 spiro atoms. The summed E-state index contributed by atoms with van der Waals surface area (Å²) in [5.74, 6) is 2.27. The highest BCUT2D eigenvalue weighted by Gasteiger charge is 2.07. The fourth-order valence-corrected chi connectivity index (χ4v) is 3.01. The van der Waals surface area contributed by atoms with Gasteiger partial charge in [0, 0.05) is 24.4 Å². The van der Waals surface area contributed by atoms with E-state index in [9.17, 15) is 0 Å². The number of hydrogen-bond donors (Lipinski definition) is 2. The summed E-state index contributed by atoms with van der Waals surface area (Å²) in [7, 11) is 0. The van der Waals surface area contributed by atoms with E-state index in [-0.39, 0.29) is 0 Å². The van der Waals surface area contributed by atoms with Crippen molar-refractivity contribution in [3.8, 4) is 11.4 Å². The highest BCUT2D eigenvalue weighted by atomic mass is 15.1. The standard InChI is InChI=1S/C24H23N5/c1-3-9-19(10-4-1)14-16-26-22-17-23(27-18-21-13-7-8-15-25-21)29-24(28-22)20-11-5-2-6-12-20/h1-13,15,17H,14,16,18H2,(H2,26,27,28,29). The molecule has 4 aromatic rings. The average molecular weight is 381 g/mol. The molecule has 5 nitrogen and oxygen atoms in total. The SMILES string of the molecule is c1ccc(CCNc2cc(NCc3ccccn3)nc(-c3ccccc3)n2)cc1. The number of pyridine rings is 1. The van der Waals surface area contributed by atoms with Crippen LogP contribution < -0.4 is 10.6 Å². The largest absolute Gasteiger partial charge is 0.370 e. The molecule has 5 heteroatoms. The number of nitrogens with zero attached hydrogens (tertiary/aromatic N) is 3. The molecule has 2 aromatic heterocycles. The van der Waals surface area contributed by atoms with E-state index in [2.05, 4.69) is 39.9 Å². The first-order chi connectivity index (χ1) is 14.4. The first kappa shape index (κ1) is 18.6. The predicted octanol–water partition coefficient (Wildman–Crippen LogP) is 4.81. The second-order valence-electron chi connectivity index (χ2n) is 6.67. The normalized spacial score (nSPS) is 10.5.